The number of imide groups is 1. The zero-order valence-corrected chi connectivity index (χ0v) is 13.7. The highest BCUT2D eigenvalue weighted by molar-refractivity contribution is 6.14. The summed E-state index contributed by atoms with van der Waals surface area (Å²) < 4.78 is 2.22. The first-order valence-electron chi connectivity index (χ1n) is 8.00. The number of hydrogen-bond acceptors (Lipinski definition) is 2. The number of aromatic nitrogens is 1. The smallest absolute Gasteiger partial charge is 0.328 e. The van der Waals surface area contributed by atoms with Gasteiger partial charge in [0.25, 0.3) is 5.91 Å². The van der Waals surface area contributed by atoms with E-state index in [4.69, 9.17) is 0 Å². The summed E-state index contributed by atoms with van der Waals surface area (Å²) in [6.07, 6.45) is 4.85. The maximum atomic E-state index is 12.3. The van der Waals surface area contributed by atoms with Crippen LogP contribution in [0.5, 0.6) is 0 Å². The normalized spacial score (nSPS) is 18.0. The summed E-state index contributed by atoms with van der Waals surface area (Å²) in [5, 5.41) is 3.74. The lowest BCUT2D eigenvalue weighted by Crippen LogP contribution is -2.30. The van der Waals surface area contributed by atoms with Crippen molar-refractivity contribution < 1.29 is 9.59 Å². The Morgan fingerprint density at radius 2 is 1.96 bits per heavy atom. The van der Waals surface area contributed by atoms with E-state index in [9.17, 15) is 9.59 Å². The van der Waals surface area contributed by atoms with Gasteiger partial charge in [-0.2, -0.15) is 0 Å². The van der Waals surface area contributed by atoms with Gasteiger partial charge in [0.1, 0.15) is 5.70 Å². The van der Waals surface area contributed by atoms with Gasteiger partial charge in [-0.3, -0.25) is 9.69 Å². The van der Waals surface area contributed by atoms with Crippen LogP contribution in [0.2, 0.25) is 0 Å². The van der Waals surface area contributed by atoms with Gasteiger partial charge in [0, 0.05) is 35.2 Å². The van der Waals surface area contributed by atoms with Gasteiger partial charge < -0.3 is 9.88 Å². The van der Waals surface area contributed by atoms with Crippen molar-refractivity contribution in [3.05, 3.63) is 41.7 Å². The van der Waals surface area contributed by atoms with Crippen molar-refractivity contribution in [2.24, 2.45) is 0 Å². The Hall–Kier alpha value is -2.56. The fraction of sp³-hybridized carbons (Fsp3) is 0.333. The molecule has 1 aromatic carbocycles. The molecule has 1 saturated heterocycles. The first kappa shape index (κ1) is 15.3. The third-order valence-electron chi connectivity index (χ3n) is 4.42. The summed E-state index contributed by atoms with van der Waals surface area (Å²) in [5.41, 5.74) is 2.42. The van der Waals surface area contributed by atoms with Gasteiger partial charge in [-0.05, 0) is 32.4 Å². The third kappa shape index (κ3) is 2.52. The molecule has 1 aliphatic heterocycles. The van der Waals surface area contributed by atoms with E-state index >= 15 is 0 Å². The SMILES string of the molecule is CC[C@@H](C)n1cc(/C=C2/NC(=O)N(CC)C2=O)c2ccccc21. The number of carbonyl (C=O) groups excluding carboxylic acids is 2. The monoisotopic (exact) mass is 311 g/mol. The van der Waals surface area contributed by atoms with Gasteiger partial charge >= 0.3 is 6.03 Å². The summed E-state index contributed by atoms with van der Waals surface area (Å²) in [6.45, 7) is 6.48. The van der Waals surface area contributed by atoms with E-state index in [0.717, 1.165) is 22.9 Å². The molecule has 2 aromatic rings. The van der Waals surface area contributed by atoms with Crippen molar-refractivity contribution in [2.75, 3.05) is 6.54 Å². The Morgan fingerprint density at radius 3 is 2.61 bits per heavy atom. The summed E-state index contributed by atoms with van der Waals surface area (Å²) in [7, 11) is 0. The number of para-hydroxylation sites is 1. The second-order valence-electron chi connectivity index (χ2n) is 5.80. The molecule has 3 rings (SSSR count). The molecule has 1 fully saturated rings. The van der Waals surface area contributed by atoms with Crippen molar-refractivity contribution in [1.29, 1.82) is 0 Å². The maximum absolute atomic E-state index is 12.3. The highest BCUT2D eigenvalue weighted by Crippen LogP contribution is 2.28. The number of rotatable bonds is 4. The van der Waals surface area contributed by atoms with Crippen molar-refractivity contribution in [1.82, 2.24) is 14.8 Å². The molecular weight excluding hydrogens is 290 g/mol. The van der Waals surface area contributed by atoms with E-state index in [2.05, 4.69) is 36.0 Å². The fourth-order valence-electron chi connectivity index (χ4n) is 2.92. The quantitative estimate of drug-likeness (QED) is 0.694. The second kappa shape index (κ2) is 5.91. The molecule has 0 spiro atoms. The average molecular weight is 311 g/mol. The van der Waals surface area contributed by atoms with Gasteiger partial charge in [0.15, 0.2) is 0 Å². The van der Waals surface area contributed by atoms with Crippen LogP contribution < -0.4 is 5.32 Å². The van der Waals surface area contributed by atoms with E-state index in [-0.39, 0.29) is 11.9 Å². The molecule has 0 unspecified atom stereocenters. The second-order valence-corrected chi connectivity index (χ2v) is 5.80. The molecule has 0 aliphatic carbocycles. The molecule has 1 aromatic heterocycles. The Kier molecular flexibility index (Phi) is 3.94. The fourth-order valence-corrected chi connectivity index (χ4v) is 2.92. The summed E-state index contributed by atoms with van der Waals surface area (Å²) in [5.74, 6) is -0.266. The summed E-state index contributed by atoms with van der Waals surface area (Å²) in [4.78, 5) is 25.2. The van der Waals surface area contributed by atoms with Gasteiger partial charge in [0.2, 0.25) is 0 Å². The molecular formula is C18H21N3O2. The van der Waals surface area contributed by atoms with E-state index in [1.807, 2.05) is 18.2 Å². The van der Waals surface area contributed by atoms with E-state index < -0.39 is 0 Å². The minimum Gasteiger partial charge on any atom is -0.344 e. The van der Waals surface area contributed by atoms with Crippen LogP contribution in [0, 0.1) is 0 Å². The molecule has 3 amide bonds. The summed E-state index contributed by atoms with van der Waals surface area (Å²) in [6, 6.07) is 8.14. The minimum absolute atomic E-state index is 0.266. The van der Waals surface area contributed by atoms with Crippen molar-refractivity contribution in [3.8, 4) is 0 Å². The predicted octanol–water partition coefficient (Wildman–Crippen LogP) is 3.52. The lowest BCUT2D eigenvalue weighted by molar-refractivity contribution is -0.122. The van der Waals surface area contributed by atoms with Gasteiger partial charge in [-0.1, -0.05) is 25.1 Å². The molecule has 5 nitrogen and oxygen atoms in total. The van der Waals surface area contributed by atoms with Gasteiger partial charge in [0.05, 0.1) is 0 Å². The van der Waals surface area contributed by atoms with Crippen LogP contribution in [0.4, 0.5) is 4.79 Å². The lowest BCUT2D eigenvalue weighted by Gasteiger charge is -2.12. The Morgan fingerprint density at radius 1 is 1.22 bits per heavy atom. The Balaban J connectivity index is 2.09. The number of likely N-dealkylation sites (N-methyl/N-ethyl adjacent to an activating group) is 1. The number of nitrogens with one attached hydrogen (secondary N) is 1. The molecule has 1 aliphatic rings. The molecule has 5 heteroatoms. The van der Waals surface area contributed by atoms with E-state index in [1.165, 1.54) is 4.90 Å². The Bertz CT molecular complexity index is 804. The molecule has 2 heterocycles. The average Bonchev–Trinajstić information content (AvgIpc) is 3.05. The highest BCUT2D eigenvalue weighted by atomic mass is 16.2. The molecule has 1 N–H and O–H groups in total. The standard InChI is InChI=1S/C18H21N3O2/c1-4-12(3)21-11-13(14-8-6-7-9-16(14)21)10-15-17(22)20(5-2)18(23)19-15/h6-12H,4-5H2,1-3H3,(H,19,23)/b15-10+/t12-/m1/s1. The Labute approximate surface area is 135 Å². The predicted molar refractivity (Wildman–Crippen MR) is 90.8 cm³/mol. The number of amides is 3. The molecule has 0 saturated carbocycles. The van der Waals surface area contributed by atoms with Crippen molar-refractivity contribution in [3.63, 3.8) is 0 Å². The van der Waals surface area contributed by atoms with Crippen LogP contribution in [0.3, 0.4) is 0 Å². The van der Waals surface area contributed by atoms with Crippen molar-refractivity contribution in [2.45, 2.75) is 33.2 Å². The summed E-state index contributed by atoms with van der Waals surface area (Å²) >= 11 is 0. The van der Waals surface area contributed by atoms with Crippen LogP contribution in [-0.2, 0) is 4.79 Å². The van der Waals surface area contributed by atoms with Gasteiger partial charge in [-0.25, -0.2) is 4.79 Å². The van der Waals surface area contributed by atoms with E-state index in [0.29, 0.717) is 18.3 Å². The number of benzene rings is 1. The minimum atomic E-state index is -0.352. The number of carbonyl (C=O) groups is 2. The lowest BCUT2D eigenvalue weighted by atomic mass is 10.1. The highest BCUT2D eigenvalue weighted by Gasteiger charge is 2.32. The van der Waals surface area contributed by atoms with Crippen LogP contribution in [-0.4, -0.2) is 28.0 Å². The zero-order chi connectivity index (χ0) is 16.6. The zero-order valence-electron chi connectivity index (χ0n) is 13.7. The number of hydrogen-bond donors (Lipinski definition) is 1. The van der Waals surface area contributed by atoms with Crippen molar-refractivity contribution >= 4 is 28.9 Å². The molecule has 120 valence electrons. The van der Waals surface area contributed by atoms with E-state index in [1.54, 1.807) is 13.0 Å². The molecule has 23 heavy (non-hydrogen) atoms. The maximum Gasteiger partial charge on any atom is 0.328 e. The van der Waals surface area contributed by atoms with Gasteiger partial charge in [-0.15, -0.1) is 0 Å². The topological polar surface area (TPSA) is 54.3 Å². The molecule has 1 atom stereocenters. The van der Waals surface area contributed by atoms with Crippen LogP contribution in [0.15, 0.2) is 36.2 Å². The largest absolute Gasteiger partial charge is 0.344 e. The number of urea groups is 1. The van der Waals surface area contributed by atoms with Crippen LogP contribution in [0.1, 0.15) is 38.8 Å². The molecule has 0 radical (unpaired) electrons. The number of nitrogens with zero attached hydrogens (tertiary/aromatic N) is 2. The van der Waals surface area contributed by atoms with Crippen LogP contribution >= 0.6 is 0 Å². The first-order chi connectivity index (χ1) is 11.1. The number of fused-ring (bicyclic) bond motifs is 1. The first-order valence-corrected chi connectivity index (χ1v) is 8.00. The van der Waals surface area contributed by atoms with Crippen LogP contribution in [0.25, 0.3) is 17.0 Å². The third-order valence-corrected chi connectivity index (χ3v) is 4.42. The molecule has 0 bridgehead atoms.